The van der Waals surface area contributed by atoms with E-state index in [9.17, 15) is 8.42 Å². The second kappa shape index (κ2) is 7.76. The number of hydrogen-bond donors (Lipinski definition) is 2. The summed E-state index contributed by atoms with van der Waals surface area (Å²) in [7, 11) is -1.39. The van der Waals surface area contributed by atoms with Crippen LogP contribution in [0.4, 0.5) is 0 Å². The molecule has 0 spiro atoms. The first kappa shape index (κ1) is 17.1. The van der Waals surface area contributed by atoms with Gasteiger partial charge in [0.25, 0.3) is 0 Å². The Labute approximate surface area is 123 Å². The van der Waals surface area contributed by atoms with E-state index in [2.05, 4.69) is 10.0 Å². The van der Waals surface area contributed by atoms with Gasteiger partial charge >= 0.3 is 0 Å². The topological polar surface area (TPSA) is 58.2 Å². The molecule has 0 aliphatic heterocycles. The molecule has 0 aliphatic carbocycles. The minimum Gasteiger partial charge on any atom is -0.316 e. The highest BCUT2D eigenvalue weighted by Gasteiger charge is 2.19. The minimum atomic E-state index is -3.28. The third-order valence-corrected chi connectivity index (χ3v) is 4.71. The van der Waals surface area contributed by atoms with Gasteiger partial charge in [0.2, 0.25) is 10.0 Å². The van der Waals surface area contributed by atoms with Gasteiger partial charge in [-0.25, -0.2) is 13.1 Å². The van der Waals surface area contributed by atoms with Crippen molar-refractivity contribution in [2.45, 2.75) is 45.5 Å². The van der Waals surface area contributed by atoms with Crippen molar-refractivity contribution in [3.8, 4) is 0 Å². The van der Waals surface area contributed by atoms with Crippen LogP contribution in [0.1, 0.15) is 38.3 Å². The predicted molar refractivity (Wildman–Crippen MR) is 83.9 cm³/mol. The molecule has 5 heteroatoms. The highest BCUT2D eigenvalue weighted by atomic mass is 32.2. The Bertz CT molecular complexity index is 495. The van der Waals surface area contributed by atoms with E-state index in [1.165, 1.54) is 0 Å². The molecule has 0 aliphatic rings. The van der Waals surface area contributed by atoms with Crippen LogP contribution < -0.4 is 10.0 Å². The molecule has 1 aromatic carbocycles. The zero-order valence-electron chi connectivity index (χ0n) is 12.8. The van der Waals surface area contributed by atoms with E-state index in [4.69, 9.17) is 0 Å². The molecule has 114 valence electrons. The van der Waals surface area contributed by atoms with Gasteiger partial charge in [-0.1, -0.05) is 45.0 Å². The fraction of sp³-hybridized carbons (Fsp3) is 0.600. The molecular weight excluding hydrogens is 272 g/mol. The Morgan fingerprint density at radius 1 is 1.10 bits per heavy atom. The van der Waals surface area contributed by atoms with Gasteiger partial charge in [-0.15, -0.1) is 0 Å². The van der Waals surface area contributed by atoms with E-state index in [0.29, 0.717) is 5.92 Å². The predicted octanol–water partition coefficient (Wildman–Crippen LogP) is 2.26. The first-order chi connectivity index (χ1) is 9.38. The summed E-state index contributed by atoms with van der Waals surface area (Å²) in [6, 6.07) is 7.68. The van der Waals surface area contributed by atoms with Crippen molar-refractivity contribution in [3.05, 3.63) is 35.4 Å². The zero-order valence-corrected chi connectivity index (χ0v) is 13.6. The molecule has 0 aromatic heterocycles. The van der Waals surface area contributed by atoms with Crippen molar-refractivity contribution < 1.29 is 8.42 Å². The molecule has 20 heavy (non-hydrogen) atoms. The third-order valence-electron chi connectivity index (χ3n) is 3.34. The van der Waals surface area contributed by atoms with Crippen LogP contribution >= 0.6 is 0 Å². The van der Waals surface area contributed by atoms with E-state index < -0.39 is 10.0 Å². The average molecular weight is 298 g/mol. The lowest BCUT2D eigenvalue weighted by Crippen LogP contribution is -2.38. The first-order valence-corrected chi connectivity index (χ1v) is 8.75. The Kier molecular flexibility index (Phi) is 6.65. The molecule has 1 aromatic rings. The third kappa shape index (κ3) is 5.61. The Hall–Kier alpha value is -0.910. The van der Waals surface area contributed by atoms with Gasteiger partial charge in [-0.05, 0) is 30.5 Å². The number of hydrogen-bond acceptors (Lipinski definition) is 3. The lowest BCUT2D eigenvalue weighted by molar-refractivity contribution is 0.437. The molecular formula is C15H26N2O2S. The lowest BCUT2D eigenvalue weighted by Gasteiger charge is -2.20. The second-order valence-corrected chi connectivity index (χ2v) is 7.24. The van der Waals surface area contributed by atoms with Crippen LogP contribution in [-0.2, 0) is 22.3 Å². The Morgan fingerprint density at radius 3 is 2.10 bits per heavy atom. The molecule has 0 fully saturated rings. The van der Waals surface area contributed by atoms with Gasteiger partial charge in [-0.2, -0.15) is 0 Å². The van der Waals surface area contributed by atoms with Gasteiger partial charge in [0, 0.05) is 12.6 Å². The highest BCUT2D eigenvalue weighted by Crippen LogP contribution is 2.11. The van der Waals surface area contributed by atoms with E-state index in [0.717, 1.165) is 24.1 Å². The Balaban J connectivity index is 2.70. The van der Waals surface area contributed by atoms with E-state index >= 15 is 0 Å². The fourth-order valence-corrected chi connectivity index (χ4v) is 3.75. The van der Waals surface area contributed by atoms with Crippen LogP contribution in [0.5, 0.6) is 0 Å². The number of rotatable bonds is 8. The molecule has 0 saturated heterocycles. The largest absolute Gasteiger partial charge is 0.316 e. The first-order valence-electron chi connectivity index (χ1n) is 7.10. The van der Waals surface area contributed by atoms with Gasteiger partial charge in [0.05, 0.1) is 5.75 Å². The van der Waals surface area contributed by atoms with E-state index in [1.54, 1.807) is 0 Å². The molecule has 0 bridgehead atoms. The molecule has 0 radical (unpaired) electrons. The Morgan fingerprint density at radius 2 is 1.65 bits per heavy atom. The fourth-order valence-electron chi connectivity index (χ4n) is 2.14. The van der Waals surface area contributed by atoms with Crippen molar-refractivity contribution >= 4 is 10.0 Å². The quantitative estimate of drug-likeness (QED) is 0.774. The summed E-state index contributed by atoms with van der Waals surface area (Å²) in [4.78, 5) is 0. The molecule has 1 unspecified atom stereocenters. The van der Waals surface area contributed by atoms with Crippen LogP contribution in [0.15, 0.2) is 24.3 Å². The summed E-state index contributed by atoms with van der Waals surface area (Å²) in [6.45, 7) is 6.85. The molecule has 0 saturated carbocycles. The van der Waals surface area contributed by atoms with Crippen LogP contribution in [0, 0.1) is 5.92 Å². The number of benzene rings is 1. The monoisotopic (exact) mass is 298 g/mol. The summed E-state index contributed by atoms with van der Waals surface area (Å²) in [6.07, 6.45) is 0.804. The van der Waals surface area contributed by atoms with Crippen LogP contribution in [0.2, 0.25) is 0 Å². The van der Waals surface area contributed by atoms with Crippen LogP contribution in [0.25, 0.3) is 0 Å². The van der Waals surface area contributed by atoms with E-state index in [-0.39, 0.29) is 11.8 Å². The highest BCUT2D eigenvalue weighted by molar-refractivity contribution is 7.88. The second-order valence-electron chi connectivity index (χ2n) is 5.48. The zero-order chi connectivity index (χ0) is 15.2. The molecule has 1 atom stereocenters. The SMILES string of the molecule is CCC(NS(=O)(=O)Cc1ccc(CNC)cc1)C(C)C. The van der Waals surface area contributed by atoms with Crippen molar-refractivity contribution in [1.82, 2.24) is 10.0 Å². The summed E-state index contributed by atoms with van der Waals surface area (Å²) in [5.74, 6) is 0.337. The lowest BCUT2D eigenvalue weighted by atomic mass is 10.0. The molecule has 0 heterocycles. The maximum Gasteiger partial charge on any atom is 0.216 e. The molecule has 1 rings (SSSR count). The average Bonchev–Trinajstić information content (AvgIpc) is 2.38. The maximum atomic E-state index is 12.2. The smallest absolute Gasteiger partial charge is 0.216 e. The van der Waals surface area contributed by atoms with Crippen LogP contribution in [-0.4, -0.2) is 21.5 Å². The van der Waals surface area contributed by atoms with Gasteiger partial charge in [0.15, 0.2) is 0 Å². The number of nitrogens with one attached hydrogen (secondary N) is 2. The van der Waals surface area contributed by atoms with Gasteiger partial charge in [-0.3, -0.25) is 0 Å². The summed E-state index contributed by atoms with van der Waals surface area (Å²) >= 11 is 0. The molecule has 0 amide bonds. The summed E-state index contributed by atoms with van der Waals surface area (Å²) in [5, 5.41) is 3.07. The van der Waals surface area contributed by atoms with Gasteiger partial charge < -0.3 is 5.32 Å². The van der Waals surface area contributed by atoms with Gasteiger partial charge in [0.1, 0.15) is 0 Å². The van der Waals surface area contributed by atoms with Crippen molar-refractivity contribution in [2.24, 2.45) is 5.92 Å². The normalized spacial score (nSPS) is 13.7. The van der Waals surface area contributed by atoms with Crippen molar-refractivity contribution in [3.63, 3.8) is 0 Å². The standard InChI is InChI=1S/C15H26N2O2S/c1-5-15(12(2)3)17-20(18,19)11-14-8-6-13(7-9-14)10-16-4/h6-9,12,15-17H,5,10-11H2,1-4H3. The summed E-state index contributed by atoms with van der Waals surface area (Å²) in [5.41, 5.74) is 1.96. The van der Waals surface area contributed by atoms with E-state index in [1.807, 2.05) is 52.1 Å². The van der Waals surface area contributed by atoms with Crippen molar-refractivity contribution in [1.29, 1.82) is 0 Å². The maximum absolute atomic E-state index is 12.2. The molecule has 4 nitrogen and oxygen atoms in total. The van der Waals surface area contributed by atoms with Crippen LogP contribution in [0.3, 0.4) is 0 Å². The minimum absolute atomic E-state index is 0.00330. The van der Waals surface area contributed by atoms with Crippen molar-refractivity contribution in [2.75, 3.05) is 7.05 Å². The molecule has 2 N–H and O–H groups in total. The number of sulfonamides is 1. The summed E-state index contributed by atoms with van der Waals surface area (Å²) < 4.78 is 27.1.